The Hall–Kier alpha value is -2.61. The number of amides is 1. The summed E-state index contributed by atoms with van der Waals surface area (Å²) in [5, 5.41) is 11.7. The smallest absolute Gasteiger partial charge is 0.331 e. The molecule has 22 heavy (non-hydrogen) atoms. The van der Waals surface area contributed by atoms with E-state index in [9.17, 15) is 9.59 Å². The van der Waals surface area contributed by atoms with Gasteiger partial charge in [-0.2, -0.15) is 5.26 Å². The number of nitriles is 1. The van der Waals surface area contributed by atoms with Gasteiger partial charge in [0.1, 0.15) is 5.54 Å². The van der Waals surface area contributed by atoms with Crippen molar-refractivity contribution in [1.82, 2.24) is 5.32 Å². The summed E-state index contributed by atoms with van der Waals surface area (Å²) in [6.45, 7) is 4.88. The summed E-state index contributed by atoms with van der Waals surface area (Å²) >= 11 is 0. The maximum absolute atomic E-state index is 11.7. The summed E-state index contributed by atoms with van der Waals surface area (Å²) in [5.74, 6) is -1.17. The van der Waals surface area contributed by atoms with Gasteiger partial charge in [-0.3, -0.25) is 4.79 Å². The van der Waals surface area contributed by atoms with Crippen molar-refractivity contribution in [3.05, 3.63) is 42.0 Å². The van der Waals surface area contributed by atoms with Crippen LogP contribution in [0.15, 0.2) is 36.4 Å². The normalized spacial score (nSPS) is 13.4. The number of hydrogen-bond acceptors (Lipinski definition) is 4. The van der Waals surface area contributed by atoms with Gasteiger partial charge in [-0.15, -0.1) is 0 Å². The third-order valence-corrected chi connectivity index (χ3v) is 3.34. The Kier molecular flexibility index (Phi) is 6.33. The van der Waals surface area contributed by atoms with Gasteiger partial charge in [-0.05, 0) is 24.5 Å². The molecule has 0 aliphatic heterocycles. The molecule has 1 amide bonds. The molecular weight excluding hydrogens is 280 g/mol. The monoisotopic (exact) mass is 300 g/mol. The largest absolute Gasteiger partial charge is 0.452 e. The fraction of sp³-hybridized carbons (Fsp3) is 0.353. The third-order valence-electron chi connectivity index (χ3n) is 3.34. The van der Waals surface area contributed by atoms with Crippen molar-refractivity contribution >= 4 is 18.0 Å². The summed E-state index contributed by atoms with van der Waals surface area (Å²) in [6, 6.07) is 11.3. The van der Waals surface area contributed by atoms with E-state index in [0.29, 0.717) is 0 Å². The zero-order valence-corrected chi connectivity index (χ0v) is 13.0. The van der Waals surface area contributed by atoms with Gasteiger partial charge in [0.15, 0.2) is 6.61 Å². The van der Waals surface area contributed by atoms with Crippen molar-refractivity contribution < 1.29 is 14.3 Å². The van der Waals surface area contributed by atoms with E-state index in [-0.39, 0.29) is 5.92 Å². The van der Waals surface area contributed by atoms with Gasteiger partial charge in [-0.1, -0.05) is 44.2 Å². The molecule has 0 aromatic heterocycles. The number of hydrogen-bond donors (Lipinski definition) is 1. The molecule has 1 N–H and O–H groups in total. The first-order valence-electron chi connectivity index (χ1n) is 6.99. The molecule has 0 saturated carbocycles. The van der Waals surface area contributed by atoms with Gasteiger partial charge >= 0.3 is 5.97 Å². The molecule has 0 saturated heterocycles. The molecule has 0 bridgehead atoms. The maximum Gasteiger partial charge on any atom is 0.331 e. The van der Waals surface area contributed by atoms with Crippen LogP contribution >= 0.6 is 0 Å². The lowest BCUT2D eigenvalue weighted by molar-refractivity contribution is -0.144. The molecule has 1 atom stereocenters. The quantitative estimate of drug-likeness (QED) is 0.646. The predicted octanol–water partition coefficient (Wildman–Crippen LogP) is 2.30. The van der Waals surface area contributed by atoms with Gasteiger partial charge < -0.3 is 10.1 Å². The van der Waals surface area contributed by atoms with Crippen molar-refractivity contribution in [3.8, 4) is 6.07 Å². The molecule has 1 aromatic carbocycles. The number of carbonyl (C=O) groups is 2. The van der Waals surface area contributed by atoms with Gasteiger partial charge in [0.25, 0.3) is 5.91 Å². The molecule has 1 rings (SSSR count). The number of benzene rings is 1. The molecule has 0 aliphatic carbocycles. The first-order valence-corrected chi connectivity index (χ1v) is 6.99. The third kappa shape index (κ3) is 5.41. The van der Waals surface area contributed by atoms with Crippen LogP contribution in [-0.2, 0) is 14.3 Å². The first-order chi connectivity index (χ1) is 10.4. The van der Waals surface area contributed by atoms with Crippen LogP contribution in [0.5, 0.6) is 0 Å². The van der Waals surface area contributed by atoms with E-state index < -0.39 is 24.0 Å². The number of carbonyl (C=O) groups excluding carboxylic acids is 2. The standard InChI is InChI=1S/C17H20N2O3/c1-13(2)17(3,12-18)19-15(20)11-22-16(21)10-9-14-7-5-4-6-8-14/h4-10,13H,11H2,1-3H3,(H,19,20)/b10-9+. The van der Waals surface area contributed by atoms with Gasteiger partial charge in [0, 0.05) is 6.08 Å². The molecule has 5 nitrogen and oxygen atoms in total. The zero-order valence-electron chi connectivity index (χ0n) is 13.0. The SMILES string of the molecule is CC(C)C(C)(C#N)NC(=O)COC(=O)/C=C/c1ccccc1. The van der Waals surface area contributed by atoms with Crippen molar-refractivity contribution in [3.63, 3.8) is 0 Å². The lowest BCUT2D eigenvalue weighted by Gasteiger charge is -2.27. The van der Waals surface area contributed by atoms with Crippen LogP contribution in [0.2, 0.25) is 0 Å². The molecule has 0 heterocycles. The zero-order chi connectivity index (χ0) is 16.6. The highest BCUT2D eigenvalue weighted by atomic mass is 16.5. The fourth-order valence-electron chi connectivity index (χ4n) is 1.54. The van der Waals surface area contributed by atoms with E-state index in [1.54, 1.807) is 13.0 Å². The second kappa shape index (κ2) is 7.99. The van der Waals surface area contributed by atoms with E-state index in [2.05, 4.69) is 11.4 Å². The molecule has 1 aromatic rings. The molecule has 116 valence electrons. The van der Waals surface area contributed by atoms with Crippen LogP contribution in [0.3, 0.4) is 0 Å². The summed E-state index contributed by atoms with van der Waals surface area (Å²) in [4.78, 5) is 23.3. The van der Waals surface area contributed by atoms with E-state index in [1.807, 2.05) is 44.2 Å². The molecule has 1 unspecified atom stereocenters. The van der Waals surface area contributed by atoms with Gasteiger partial charge in [0.05, 0.1) is 6.07 Å². The van der Waals surface area contributed by atoms with Crippen LogP contribution in [-0.4, -0.2) is 24.0 Å². The molecule has 5 heteroatoms. The van der Waals surface area contributed by atoms with Crippen molar-refractivity contribution in [2.24, 2.45) is 5.92 Å². The lowest BCUT2D eigenvalue weighted by atomic mass is 9.90. The van der Waals surface area contributed by atoms with E-state index in [0.717, 1.165) is 5.56 Å². The van der Waals surface area contributed by atoms with Crippen LogP contribution in [0.25, 0.3) is 6.08 Å². The van der Waals surface area contributed by atoms with Crippen LogP contribution < -0.4 is 5.32 Å². The minimum Gasteiger partial charge on any atom is -0.452 e. The van der Waals surface area contributed by atoms with Gasteiger partial charge in [-0.25, -0.2) is 4.79 Å². The van der Waals surface area contributed by atoms with Crippen LogP contribution in [0.1, 0.15) is 26.3 Å². The second-order valence-electron chi connectivity index (χ2n) is 5.37. The average molecular weight is 300 g/mol. The van der Waals surface area contributed by atoms with Crippen molar-refractivity contribution in [2.75, 3.05) is 6.61 Å². The van der Waals surface area contributed by atoms with Gasteiger partial charge in [0.2, 0.25) is 0 Å². The van der Waals surface area contributed by atoms with E-state index in [4.69, 9.17) is 10.00 Å². The molecule has 0 aliphatic rings. The highest BCUT2D eigenvalue weighted by Gasteiger charge is 2.30. The molecule has 0 fully saturated rings. The summed E-state index contributed by atoms with van der Waals surface area (Å²) < 4.78 is 4.85. The topological polar surface area (TPSA) is 79.2 Å². The minimum atomic E-state index is -0.983. The Morgan fingerprint density at radius 3 is 2.55 bits per heavy atom. The summed E-state index contributed by atoms with van der Waals surface area (Å²) in [5.41, 5.74) is -0.121. The second-order valence-corrected chi connectivity index (χ2v) is 5.37. The molecule has 0 spiro atoms. The maximum atomic E-state index is 11.7. The Morgan fingerprint density at radius 2 is 2.00 bits per heavy atom. The number of nitrogens with zero attached hydrogens (tertiary/aromatic N) is 1. The van der Waals surface area contributed by atoms with Crippen LogP contribution in [0.4, 0.5) is 0 Å². The number of ether oxygens (including phenoxy) is 1. The Labute approximate surface area is 130 Å². The highest BCUT2D eigenvalue weighted by molar-refractivity contribution is 5.89. The Balaban J connectivity index is 2.46. The molecular formula is C17H20N2O3. The Morgan fingerprint density at radius 1 is 1.36 bits per heavy atom. The minimum absolute atomic E-state index is 0.0601. The number of nitrogens with one attached hydrogen (secondary N) is 1. The highest BCUT2D eigenvalue weighted by Crippen LogP contribution is 2.14. The first kappa shape index (κ1) is 17.4. The summed E-state index contributed by atoms with van der Waals surface area (Å²) in [6.07, 6.45) is 2.86. The van der Waals surface area contributed by atoms with E-state index >= 15 is 0 Å². The molecule has 0 radical (unpaired) electrons. The number of rotatable bonds is 6. The fourth-order valence-corrected chi connectivity index (χ4v) is 1.54. The Bertz CT molecular complexity index is 588. The lowest BCUT2D eigenvalue weighted by Crippen LogP contribution is -2.50. The number of esters is 1. The van der Waals surface area contributed by atoms with Crippen molar-refractivity contribution in [2.45, 2.75) is 26.3 Å². The predicted molar refractivity (Wildman–Crippen MR) is 83.4 cm³/mol. The van der Waals surface area contributed by atoms with Crippen molar-refractivity contribution in [1.29, 1.82) is 5.26 Å². The van der Waals surface area contributed by atoms with E-state index in [1.165, 1.54) is 6.08 Å². The van der Waals surface area contributed by atoms with Crippen LogP contribution in [0, 0.1) is 17.2 Å². The average Bonchev–Trinajstić information content (AvgIpc) is 2.51. The summed E-state index contributed by atoms with van der Waals surface area (Å²) in [7, 11) is 0.